The summed E-state index contributed by atoms with van der Waals surface area (Å²) in [5, 5.41) is 5.84. The first kappa shape index (κ1) is 16.4. The number of imidazole rings is 1. The van der Waals surface area contributed by atoms with Crippen LogP contribution in [0, 0.1) is 0 Å². The summed E-state index contributed by atoms with van der Waals surface area (Å²) in [6, 6.07) is -0.748. The van der Waals surface area contributed by atoms with Gasteiger partial charge < -0.3 is 20.1 Å². The quantitative estimate of drug-likeness (QED) is 0.707. The Bertz CT molecular complexity index is 683. The Morgan fingerprint density at radius 1 is 1.42 bits per heavy atom. The lowest BCUT2D eigenvalue weighted by Gasteiger charge is -2.36. The maximum Gasteiger partial charge on any atom is 0.325 e. The van der Waals surface area contributed by atoms with Gasteiger partial charge in [0.2, 0.25) is 5.91 Å². The summed E-state index contributed by atoms with van der Waals surface area (Å²) in [7, 11) is 1.87. The number of carbonyl (C=O) groups is 3. The molecule has 0 aliphatic carbocycles. The highest BCUT2D eigenvalue weighted by Crippen LogP contribution is 2.22. The molecule has 0 bridgehead atoms. The molecule has 1 aromatic heterocycles. The van der Waals surface area contributed by atoms with Gasteiger partial charge >= 0.3 is 6.03 Å². The molecule has 2 saturated heterocycles. The summed E-state index contributed by atoms with van der Waals surface area (Å²) in [6.07, 6.45) is 3.51. The molecule has 1 aromatic rings. The van der Waals surface area contributed by atoms with Crippen LogP contribution >= 0.6 is 0 Å². The van der Waals surface area contributed by atoms with Crippen LogP contribution in [-0.4, -0.2) is 68.9 Å². The summed E-state index contributed by atoms with van der Waals surface area (Å²) in [5.41, 5.74) is -0.972. The monoisotopic (exact) mass is 334 g/mol. The fourth-order valence-corrected chi connectivity index (χ4v) is 3.12. The van der Waals surface area contributed by atoms with E-state index in [9.17, 15) is 14.4 Å². The zero-order valence-electron chi connectivity index (χ0n) is 14.1. The minimum absolute atomic E-state index is 0.222. The van der Waals surface area contributed by atoms with Crippen LogP contribution < -0.4 is 10.6 Å². The molecule has 3 heterocycles. The van der Waals surface area contributed by atoms with E-state index in [1.165, 1.54) is 0 Å². The van der Waals surface area contributed by atoms with Crippen LogP contribution in [0.3, 0.4) is 0 Å². The van der Waals surface area contributed by atoms with Gasteiger partial charge in [-0.15, -0.1) is 0 Å². The van der Waals surface area contributed by atoms with E-state index in [0.29, 0.717) is 19.6 Å². The molecule has 0 radical (unpaired) electrons. The lowest BCUT2D eigenvalue weighted by Crippen LogP contribution is -2.52. The Balaban J connectivity index is 1.77. The van der Waals surface area contributed by atoms with Crippen LogP contribution in [0.2, 0.25) is 0 Å². The van der Waals surface area contributed by atoms with Gasteiger partial charge in [0.15, 0.2) is 0 Å². The predicted octanol–water partition coefficient (Wildman–Crippen LogP) is -0.777. The fraction of sp³-hybridized carbons (Fsp3) is 0.600. The summed E-state index contributed by atoms with van der Waals surface area (Å²) < 4.78 is 1.87. The molecule has 2 N–H and O–H groups in total. The highest BCUT2D eigenvalue weighted by Gasteiger charge is 2.45. The average Bonchev–Trinajstić information content (AvgIpc) is 3.04. The van der Waals surface area contributed by atoms with Crippen molar-refractivity contribution in [3.8, 4) is 0 Å². The maximum atomic E-state index is 12.8. The minimum Gasteiger partial charge on any atom is -0.336 e. The smallest absolute Gasteiger partial charge is 0.325 e. The second-order valence-corrected chi connectivity index (χ2v) is 6.65. The third kappa shape index (κ3) is 2.75. The molecule has 1 unspecified atom stereocenters. The normalized spacial score (nSPS) is 23.5. The van der Waals surface area contributed by atoms with E-state index >= 15 is 0 Å². The zero-order chi connectivity index (χ0) is 17.5. The lowest BCUT2D eigenvalue weighted by molar-refractivity contribution is -0.140. The van der Waals surface area contributed by atoms with Crippen molar-refractivity contribution in [3.63, 3.8) is 0 Å². The molecule has 1 atom stereocenters. The molecule has 9 heteroatoms. The first-order chi connectivity index (χ1) is 11.3. The molecular weight excluding hydrogens is 312 g/mol. The summed E-state index contributed by atoms with van der Waals surface area (Å²) in [5.74, 6) is 0.128. The molecule has 3 rings (SSSR count). The molecule has 24 heavy (non-hydrogen) atoms. The van der Waals surface area contributed by atoms with Crippen LogP contribution in [0.15, 0.2) is 12.4 Å². The molecule has 0 saturated carbocycles. The number of urea groups is 1. The van der Waals surface area contributed by atoms with Crippen molar-refractivity contribution in [3.05, 3.63) is 18.2 Å². The van der Waals surface area contributed by atoms with E-state index in [0.717, 1.165) is 10.7 Å². The van der Waals surface area contributed by atoms with Crippen molar-refractivity contribution in [1.29, 1.82) is 0 Å². The van der Waals surface area contributed by atoms with Crippen LogP contribution in [0.4, 0.5) is 4.79 Å². The third-order valence-corrected chi connectivity index (χ3v) is 4.46. The van der Waals surface area contributed by atoms with Gasteiger partial charge in [-0.2, -0.15) is 0 Å². The maximum absolute atomic E-state index is 12.8. The van der Waals surface area contributed by atoms with Crippen molar-refractivity contribution >= 4 is 17.8 Å². The van der Waals surface area contributed by atoms with Crippen molar-refractivity contribution in [1.82, 2.24) is 30.0 Å². The first-order valence-corrected chi connectivity index (χ1v) is 7.93. The van der Waals surface area contributed by atoms with Gasteiger partial charge in [-0.25, -0.2) is 9.78 Å². The SMILES string of the molecule is Cn1ccnc1C1CNCCN1C(=O)CN1C(=O)NC(C)(C)C1=O. The van der Waals surface area contributed by atoms with E-state index < -0.39 is 11.6 Å². The Labute approximate surface area is 140 Å². The number of amides is 4. The van der Waals surface area contributed by atoms with E-state index in [-0.39, 0.29) is 24.4 Å². The van der Waals surface area contributed by atoms with Crippen LogP contribution in [0.5, 0.6) is 0 Å². The number of imide groups is 1. The summed E-state index contributed by atoms with van der Waals surface area (Å²) in [4.78, 5) is 44.0. The molecular formula is C15H22N6O3. The van der Waals surface area contributed by atoms with E-state index in [1.807, 2.05) is 17.8 Å². The Hall–Kier alpha value is -2.42. The van der Waals surface area contributed by atoms with Crippen molar-refractivity contribution in [2.75, 3.05) is 26.2 Å². The molecule has 0 spiro atoms. The van der Waals surface area contributed by atoms with E-state index in [2.05, 4.69) is 15.6 Å². The molecule has 4 amide bonds. The topological polar surface area (TPSA) is 99.6 Å². The highest BCUT2D eigenvalue weighted by molar-refractivity contribution is 6.08. The second-order valence-electron chi connectivity index (χ2n) is 6.65. The number of carbonyl (C=O) groups excluding carboxylic acids is 3. The summed E-state index contributed by atoms with van der Waals surface area (Å²) in [6.45, 7) is 4.75. The van der Waals surface area contributed by atoms with Gasteiger partial charge in [0.25, 0.3) is 5.91 Å². The largest absolute Gasteiger partial charge is 0.336 e. The number of rotatable bonds is 3. The number of piperazine rings is 1. The number of nitrogens with zero attached hydrogens (tertiary/aromatic N) is 4. The lowest BCUT2D eigenvalue weighted by atomic mass is 10.1. The average molecular weight is 334 g/mol. The van der Waals surface area contributed by atoms with Crippen LogP contribution in [0.25, 0.3) is 0 Å². The van der Waals surface area contributed by atoms with Crippen LogP contribution in [0.1, 0.15) is 25.7 Å². The van der Waals surface area contributed by atoms with Gasteiger partial charge in [0, 0.05) is 39.1 Å². The third-order valence-electron chi connectivity index (χ3n) is 4.46. The van der Waals surface area contributed by atoms with E-state index in [4.69, 9.17) is 0 Å². The molecule has 2 aliphatic heterocycles. The molecule has 9 nitrogen and oxygen atoms in total. The molecule has 2 fully saturated rings. The van der Waals surface area contributed by atoms with E-state index in [1.54, 1.807) is 24.9 Å². The fourth-order valence-electron chi connectivity index (χ4n) is 3.12. The number of aryl methyl sites for hydroxylation is 1. The van der Waals surface area contributed by atoms with Gasteiger partial charge in [-0.1, -0.05) is 0 Å². The van der Waals surface area contributed by atoms with Gasteiger partial charge in [0.1, 0.15) is 23.9 Å². The van der Waals surface area contributed by atoms with Crippen molar-refractivity contribution in [2.24, 2.45) is 7.05 Å². The number of nitrogens with one attached hydrogen (secondary N) is 2. The predicted molar refractivity (Wildman–Crippen MR) is 84.9 cm³/mol. The Kier molecular flexibility index (Phi) is 4.04. The van der Waals surface area contributed by atoms with Gasteiger partial charge in [0.05, 0.1) is 0 Å². The number of aromatic nitrogens is 2. The minimum atomic E-state index is -0.972. The Morgan fingerprint density at radius 2 is 2.17 bits per heavy atom. The molecule has 2 aliphatic rings. The second kappa shape index (κ2) is 5.90. The highest BCUT2D eigenvalue weighted by atomic mass is 16.2. The molecule has 130 valence electrons. The Morgan fingerprint density at radius 3 is 2.75 bits per heavy atom. The van der Waals surface area contributed by atoms with Gasteiger partial charge in [-0.05, 0) is 13.8 Å². The standard InChI is InChI=1S/C15H22N6O3/c1-15(2)13(23)21(14(24)18-15)9-11(22)20-7-4-16-8-10(20)12-17-5-6-19(12)3/h5-6,10,16H,4,7-9H2,1-3H3,(H,18,24). The van der Waals surface area contributed by atoms with Crippen molar-refractivity contribution in [2.45, 2.75) is 25.4 Å². The summed E-state index contributed by atoms with van der Waals surface area (Å²) >= 11 is 0. The molecule has 0 aromatic carbocycles. The van der Waals surface area contributed by atoms with Crippen molar-refractivity contribution < 1.29 is 14.4 Å². The zero-order valence-corrected chi connectivity index (χ0v) is 14.1. The number of hydrogen-bond donors (Lipinski definition) is 2. The first-order valence-electron chi connectivity index (χ1n) is 7.93. The van der Waals surface area contributed by atoms with Gasteiger partial charge in [-0.3, -0.25) is 14.5 Å². The van der Waals surface area contributed by atoms with Crippen LogP contribution in [-0.2, 0) is 16.6 Å². The number of hydrogen-bond acceptors (Lipinski definition) is 5.